The van der Waals surface area contributed by atoms with Crippen LogP contribution in [0.5, 0.6) is 0 Å². The minimum atomic E-state index is 0.240. The molecular formula is C22H29N3O3. The summed E-state index contributed by atoms with van der Waals surface area (Å²) in [5.74, 6) is 1.77. The number of nitrogens with zero attached hydrogens (tertiary/aromatic N) is 3. The second kappa shape index (κ2) is 9.32. The van der Waals surface area contributed by atoms with Crippen molar-refractivity contribution in [1.82, 2.24) is 15.1 Å². The van der Waals surface area contributed by atoms with Crippen LogP contribution >= 0.6 is 0 Å². The number of likely N-dealkylation sites (tertiary alicyclic amines) is 1. The molecule has 0 N–H and O–H groups in total. The summed E-state index contributed by atoms with van der Waals surface area (Å²) in [4.78, 5) is 14.5. The molecule has 1 amide bonds. The third kappa shape index (κ3) is 4.79. The lowest BCUT2D eigenvalue weighted by Crippen LogP contribution is -2.38. The molecule has 0 aliphatic carbocycles. The zero-order valence-electron chi connectivity index (χ0n) is 16.4. The molecular weight excluding hydrogens is 354 g/mol. The van der Waals surface area contributed by atoms with Gasteiger partial charge in [0.2, 0.25) is 17.7 Å². The van der Waals surface area contributed by atoms with Crippen LogP contribution in [0.25, 0.3) is 11.5 Å². The van der Waals surface area contributed by atoms with E-state index >= 15 is 0 Å². The van der Waals surface area contributed by atoms with Crippen molar-refractivity contribution in [3.05, 3.63) is 36.2 Å². The van der Waals surface area contributed by atoms with Gasteiger partial charge in [-0.05, 0) is 57.1 Å². The Kier molecular flexibility index (Phi) is 6.37. The van der Waals surface area contributed by atoms with Crippen molar-refractivity contribution in [3.8, 4) is 11.5 Å². The van der Waals surface area contributed by atoms with Gasteiger partial charge in [0, 0.05) is 37.6 Å². The molecule has 6 nitrogen and oxygen atoms in total. The second-order valence-corrected chi connectivity index (χ2v) is 7.85. The number of hydrogen-bond donors (Lipinski definition) is 0. The van der Waals surface area contributed by atoms with Gasteiger partial charge in [-0.2, -0.15) is 0 Å². The molecule has 2 saturated heterocycles. The summed E-state index contributed by atoms with van der Waals surface area (Å²) in [6.45, 7) is 2.42. The Morgan fingerprint density at radius 3 is 2.64 bits per heavy atom. The first kappa shape index (κ1) is 19.1. The first-order valence-corrected chi connectivity index (χ1v) is 10.6. The lowest BCUT2D eigenvalue weighted by molar-refractivity contribution is -0.132. The third-order valence-electron chi connectivity index (χ3n) is 5.85. The van der Waals surface area contributed by atoms with Crippen LogP contribution in [0.1, 0.15) is 63.2 Å². The first-order valence-electron chi connectivity index (χ1n) is 10.6. The van der Waals surface area contributed by atoms with Crippen LogP contribution < -0.4 is 0 Å². The number of amides is 1. The fourth-order valence-corrected chi connectivity index (χ4v) is 4.15. The summed E-state index contributed by atoms with van der Waals surface area (Å²) >= 11 is 0. The van der Waals surface area contributed by atoms with Gasteiger partial charge < -0.3 is 14.1 Å². The predicted octanol–water partition coefficient (Wildman–Crippen LogP) is 4.18. The van der Waals surface area contributed by atoms with Crippen molar-refractivity contribution >= 4 is 5.91 Å². The number of benzene rings is 1. The van der Waals surface area contributed by atoms with Gasteiger partial charge in [-0.15, -0.1) is 10.2 Å². The van der Waals surface area contributed by atoms with Crippen LogP contribution in [0, 0.1) is 0 Å². The highest BCUT2D eigenvalue weighted by Crippen LogP contribution is 2.29. The lowest BCUT2D eigenvalue weighted by atomic mass is 9.96. The highest BCUT2D eigenvalue weighted by Gasteiger charge is 2.27. The Labute approximate surface area is 166 Å². The van der Waals surface area contributed by atoms with Crippen molar-refractivity contribution in [2.24, 2.45) is 0 Å². The van der Waals surface area contributed by atoms with Crippen LogP contribution in [0.2, 0.25) is 0 Å². The number of hydrogen-bond acceptors (Lipinski definition) is 5. The molecule has 1 aromatic carbocycles. The molecule has 2 aromatic rings. The van der Waals surface area contributed by atoms with E-state index in [1.807, 2.05) is 35.2 Å². The summed E-state index contributed by atoms with van der Waals surface area (Å²) in [6.07, 6.45) is 8.27. The Balaban J connectivity index is 1.22. The summed E-state index contributed by atoms with van der Waals surface area (Å²) in [6, 6.07) is 9.83. The average Bonchev–Trinajstić information content (AvgIpc) is 3.25. The summed E-state index contributed by atoms with van der Waals surface area (Å²) in [5, 5.41) is 8.45. The molecule has 0 radical (unpaired) electrons. The highest BCUT2D eigenvalue weighted by atomic mass is 16.5. The SMILES string of the molecule is O=C(CCCC1CCCCO1)N1CCC(c2nnc(-c3ccccc3)o2)CC1. The Bertz CT molecular complexity index is 747. The molecule has 4 rings (SSSR count). The van der Waals surface area contributed by atoms with E-state index < -0.39 is 0 Å². The maximum absolute atomic E-state index is 12.5. The molecule has 0 saturated carbocycles. The molecule has 150 valence electrons. The van der Waals surface area contributed by atoms with E-state index in [9.17, 15) is 4.79 Å². The zero-order valence-corrected chi connectivity index (χ0v) is 16.4. The maximum Gasteiger partial charge on any atom is 0.247 e. The third-order valence-corrected chi connectivity index (χ3v) is 5.85. The van der Waals surface area contributed by atoms with Crippen LogP contribution in [-0.4, -0.2) is 46.8 Å². The van der Waals surface area contributed by atoms with Crippen molar-refractivity contribution in [2.45, 2.75) is 63.4 Å². The van der Waals surface area contributed by atoms with Crippen molar-refractivity contribution in [2.75, 3.05) is 19.7 Å². The topological polar surface area (TPSA) is 68.5 Å². The molecule has 2 fully saturated rings. The molecule has 1 atom stereocenters. The highest BCUT2D eigenvalue weighted by molar-refractivity contribution is 5.76. The van der Waals surface area contributed by atoms with Crippen molar-refractivity contribution < 1.29 is 13.9 Å². The van der Waals surface area contributed by atoms with E-state index in [1.165, 1.54) is 12.8 Å². The predicted molar refractivity (Wildman–Crippen MR) is 106 cm³/mol. The lowest BCUT2D eigenvalue weighted by Gasteiger charge is -2.30. The Morgan fingerprint density at radius 1 is 1.07 bits per heavy atom. The molecule has 1 aromatic heterocycles. The fourth-order valence-electron chi connectivity index (χ4n) is 4.15. The molecule has 2 aliphatic heterocycles. The van der Waals surface area contributed by atoms with Gasteiger partial charge in [-0.3, -0.25) is 4.79 Å². The van der Waals surface area contributed by atoms with Gasteiger partial charge in [0.1, 0.15) is 0 Å². The number of piperidine rings is 1. The van der Waals surface area contributed by atoms with Crippen molar-refractivity contribution in [1.29, 1.82) is 0 Å². The summed E-state index contributed by atoms with van der Waals surface area (Å²) < 4.78 is 11.7. The minimum Gasteiger partial charge on any atom is -0.420 e. The number of rotatable bonds is 6. The van der Waals surface area contributed by atoms with Gasteiger partial charge in [0.05, 0.1) is 6.10 Å². The Morgan fingerprint density at radius 2 is 1.89 bits per heavy atom. The fraction of sp³-hybridized carbons (Fsp3) is 0.591. The van der Waals surface area contributed by atoms with Gasteiger partial charge >= 0.3 is 0 Å². The summed E-state index contributed by atoms with van der Waals surface area (Å²) in [5.41, 5.74) is 0.941. The van der Waals surface area contributed by atoms with Crippen LogP contribution in [0.4, 0.5) is 0 Å². The number of aromatic nitrogens is 2. The normalized spacial score (nSPS) is 21.0. The quantitative estimate of drug-likeness (QED) is 0.748. The first-order chi connectivity index (χ1) is 13.8. The standard InChI is InChI=1S/C22H29N3O3/c26-20(11-6-10-19-9-4-5-16-27-19)25-14-12-18(13-15-25)22-24-23-21(28-22)17-7-2-1-3-8-17/h1-3,7-8,18-19H,4-6,9-16H2. The maximum atomic E-state index is 12.5. The molecule has 2 aliphatic rings. The molecule has 1 unspecified atom stereocenters. The van der Waals surface area contributed by atoms with Crippen LogP contribution in [-0.2, 0) is 9.53 Å². The number of carbonyl (C=O) groups excluding carboxylic acids is 1. The van der Waals surface area contributed by atoms with Gasteiger partial charge in [0.15, 0.2) is 0 Å². The second-order valence-electron chi connectivity index (χ2n) is 7.85. The zero-order chi connectivity index (χ0) is 19.2. The van der Waals surface area contributed by atoms with E-state index in [-0.39, 0.29) is 11.8 Å². The Hall–Kier alpha value is -2.21. The number of ether oxygens (including phenoxy) is 1. The smallest absolute Gasteiger partial charge is 0.247 e. The van der Waals surface area contributed by atoms with Crippen LogP contribution in [0.15, 0.2) is 34.7 Å². The monoisotopic (exact) mass is 383 g/mol. The van der Waals surface area contributed by atoms with E-state index in [0.717, 1.165) is 57.4 Å². The molecule has 3 heterocycles. The largest absolute Gasteiger partial charge is 0.420 e. The molecule has 28 heavy (non-hydrogen) atoms. The van der Waals surface area contributed by atoms with Gasteiger partial charge in [-0.1, -0.05) is 18.2 Å². The van der Waals surface area contributed by atoms with Gasteiger partial charge in [-0.25, -0.2) is 0 Å². The van der Waals surface area contributed by atoms with Crippen molar-refractivity contribution in [3.63, 3.8) is 0 Å². The van der Waals surface area contributed by atoms with E-state index in [4.69, 9.17) is 9.15 Å². The molecule has 0 spiro atoms. The van der Waals surface area contributed by atoms with E-state index in [1.54, 1.807) is 0 Å². The summed E-state index contributed by atoms with van der Waals surface area (Å²) in [7, 11) is 0. The van der Waals surface area contributed by atoms with Crippen LogP contribution in [0.3, 0.4) is 0 Å². The molecule has 6 heteroatoms. The van der Waals surface area contributed by atoms with E-state index in [0.29, 0.717) is 24.3 Å². The average molecular weight is 383 g/mol. The minimum absolute atomic E-state index is 0.240. The van der Waals surface area contributed by atoms with E-state index in [2.05, 4.69) is 10.2 Å². The van der Waals surface area contributed by atoms with Gasteiger partial charge in [0.25, 0.3) is 0 Å². The number of carbonyl (C=O) groups is 1. The molecule has 0 bridgehead atoms.